The van der Waals surface area contributed by atoms with Gasteiger partial charge in [-0.3, -0.25) is 5.43 Å². The lowest BCUT2D eigenvalue weighted by Gasteiger charge is -2.10. The van der Waals surface area contributed by atoms with Gasteiger partial charge in [0.05, 0.1) is 17.1 Å². The number of hydrogen-bond donors (Lipinski definition) is 1. The molecule has 2 rings (SSSR count). The van der Waals surface area contributed by atoms with Crippen molar-refractivity contribution in [2.45, 2.75) is 13.8 Å². The topological polar surface area (TPSA) is 89.8 Å². The number of para-hydroxylation sites is 2. The zero-order valence-electron chi connectivity index (χ0n) is 11.1. The molecule has 6 nitrogen and oxygen atoms in total. The van der Waals surface area contributed by atoms with Crippen LogP contribution in [-0.4, -0.2) is 15.5 Å². The smallest absolute Gasteiger partial charge is 0.237 e. The molecule has 0 unspecified atom stereocenters. The minimum Gasteiger partial charge on any atom is -0.274 e. The Hall–Kier alpha value is -3.12. The van der Waals surface area contributed by atoms with Crippen molar-refractivity contribution in [1.82, 2.24) is 9.78 Å². The fraction of sp³-hybridized carbons (Fsp3) is 0.143. The van der Waals surface area contributed by atoms with Crippen LogP contribution >= 0.6 is 0 Å². The van der Waals surface area contributed by atoms with Crippen molar-refractivity contribution in [3.63, 3.8) is 0 Å². The van der Waals surface area contributed by atoms with E-state index in [4.69, 9.17) is 10.5 Å². The highest BCUT2D eigenvalue weighted by molar-refractivity contribution is 6.10. The molecule has 0 saturated carbocycles. The van der Waals surface area contributed by atoms with Crippen molar-refractivity contribution >= 4 is 11.4 Å². The molecule has 1 heterocycles. The van der Waals surface area contributed by atoms with Crippen molar-refractivity contribution in [3.8, 4) is 17.8 Å². The minimum atomic E-state index is -0.229. The molecule has 0 spiro atoms. The van der Waals surface area contributed by atoms with Crippen LogP contribution in [0.15, 0.2) is 35.4 Å². The van der Waals surface area contributed by atoms with E-state index < -0.39 is 0 Å². The lowest BCUT2D eigenvalue weighted by atomic mass is 10.2. The molecule has 2 aromatic rings. The van der Waals surface area contributed by atoms with Gasteiger partial charge in [0.1, 0.15) is 12.1 Å². The molecule has 20 heavy (non-hydrogen) atoms. The van der Waals surface area contributed by atoms with Gasteiger partial charge in [0.2, 0.25) is 5.71 Å². The van der Waals surface area contributed by atoms with Crippen molar-refractivity contribution in [1.29, 1.82) is 10.5 Å². The van der Waals surface area contributed by atoms with Crippen LogP contribution in [0.5, 0.6) is 0 Å². The number of nitrogens with zero attached hydrogens (tertiary/aromatic N) is 5. The Morgan fingerprint density at radius 1 is 1.25 bits per heavy atom. The van der Waals surface area contributed by atoms with E-state index in [1.54, 1.807) is 16.8 Å². The summed E-state index contributed by atoms with van der Waals surface area (Å²) in [6.45, 7) is 3.87. The number of nitriles is 2. The van der Waals surface area contributed by atoms with E-state index >= 15 is 0 Å². The Balaban J connectivity index is 2.42. The highest BCUT2D eigenvalue weighted by atomic mass is 15.3. The molecule has 0 bridgehead atoms. The average molecular weight is 264 g/mol. The van der Waals surface area contributed by atoms with E-state index in [9.17, 15) is 0 Å². The number of aryl methyl sites for hydroxylation is 2. The van der Waals surface area contributed by atoms with E-state index in [-0.39, 0.29) is 5.71 Å². The monoisotopic (exact) mass is 264 g/mol. The molecular weight excluding hydrogens is 252 g/mol. The van der Waals surface area contributed by atoms with Gasteiger partial charge >= 0.3 is 0 Å². The highest BCUT2D eigenvalue weighted by Crippen LogP contribution is 2.21. The summed E-state index contributed by atoms with van der Waals surface area (Å²) in [6.07, 6.45) is 0. The third kappa shape index (κ3) is 2.65. The van der Waals surface area contributed by atoms with E-state index in [0.29, 0.717) is 5.69 Å². The van der Waals surface area contributed by atoms with Gasteiger partial charge in [0, 0.05) is 5.69 Å². The molecule has 0 aliphatic carbocycles. The fourth-order valence-corrected chi connectivity index (χ4v) is 1.82. The third-order valence-corrected chi connectivity index (χ3v) is 2.64. The van der Waals surface area contributed by atoms with Crippen molar-refractivity contribution in [3.05, 3.63) is 41.7 Å². The molecule has 1 aromatic carbocycles. The first-order valence-electron chi connectivity index (χ1n) is 5.92. The standard InChI is InChI=1S/C14H12N6/c1-10-7-11(2)20(19-10)14-6-4-3-5-13(14)18-17-12(8-15)9-16/h3-7,18H,1-2H3. The molecule has 6 heteroatoms. The van der Waals surface area contributed by atoms with Crippen LogP contribution in [-0.2, 0) is 0 Å². The Bertz CT molecular complexity index is 726. The fourth-order valence-electron chi connectivity index (χ4n) is 1.82. The third-order valence-electron chi connectivity index (χ3n) is 2.64. The number of aromatic nitrogens is 2. The normalized spacial score (nSPS) is 9.40. The first-order chi connectivity index (χ1) is 9.65. The molecule has 98 valence electrons. The molecule has 0 aliphatic heterocycles. The second-order valence-corrected chi connectivity index (χ2v) is 4.15. The number of hydrogen-bond acceptors (Lipinski definition) is 5. The summed E-state index contributed by atoms with van der Waals surface area (Å²) in [4.78, 5) is 0. The van der Waals surface area contributed by atoms with Gasteiger partial charge in [-0.2, -0.15) is 20.7 Å². The Morgan fingerprint density at radius 3 is 2.55 bits per heavy atom. The van der Waals surface area contributed by atoms with E-state index in [0.717, 1.165) is 17.1 Å². The lowest BCUT2D eigenvalue weighted by molar-refractivity contribution is 0.834. The van der Waals surface area contributed by atoms with Crippen LogP contribution in [0.2, 0.25) is 0 Å². The van der Waals surface area contributed by atoms with Gasteiger partial charge in [0.15, 0.2) is 0 Å². The summed E-state index contributed by atoms with van der Waals surface area (Å²) in [5, 5.41) is 25.5. The Morgan fingerprint density at radius 2 is 1.95 bits per heavy atom. The van der Waals surface area contributed by atoms with Crippen LogP contribution in [0.1, 0.15) is 11.4 Å². The maximum Gasteiger partial charge on any atom is 0.237 e. The van der Waals surface area contributed by atoms with Crippen molar-refractivity contribution in [2.75, 3.05) is 5.43 Å². The van der Waals surface area contributed by atoms with Crippen molar-refractivity contribution < 1.29 is 0 Å². The second-order valence-electron chi connectivity index (χ2n) is 4.15. The van der Waals surface area contributed by atoms with Crippen LogP contribution < -0.4 is 5.43 Å². The number of benzene rings is 1. The maximum absolute atomic E-state index is 8.68. The molecular formula is C14H12N6. The number of anilines is 1. The summed E-state index contributed by atoms with van der Waals surface area (Å²) in [5.74, 6) is 0. The lowest BCUT2D eigenvalue weighted by Crippen LogP contribution is -2.04. The van der Waals surface area contributed by atoms with E-state index in [2.05, 4.69) is 15.6 Å². The highest BCUT2D eigenvalue weighted by Gasteiger charge is 2.08. The van der Waals surface area contributed by atoms with Crippen LogP contribution in [0.4, 0.5) is 5.69 Å². The summed E-state index contributed by atoms with van der Waals surface area (Å²) in [7, 11) is 0. The molecule has 0 fully saturated rings. The minimum absolute atomic E-state index is 0.229. The van der Waals surface area contributed by atoms with Crippen LogP contribution in [0.25, 0.3) is 5.69 Å². The van der Waals surface area contributed by atoms with Gasteiger partial charge in [-0.25, -0.2) is 4.68 Å². The maximum atomic E-state index is 8.68. The van der Waals surface area contributed by atoms with Gasteiger partial charge in [-0.05, 0) is 32.0 Å². The molecule has 0 atom stereocenters. The van der Waals surface area contributed by atoms with Gasteiger partial charge in [-0.15, -0.1) is 0 Å². The molecule has 1 aromatic heterocycles. The summed E-state index contributed by atoms with van der Waals surface area (Å²) < 4.78 is 1.78. The Labute approximate surface area is 116 Å². The second kappa shape index (κ2) is 5.68. The van der Waals surface area contributed by atoms with Crippen molar-refractivity contribution in [2.24, 2.45) is 5.10 Å². The number of hydrazone groups is 1. The first-order valence-corrected chi connectivity index (χ1v) is 5.92. The molecule has 0 saturated heterocycles. The zero-order valence-corrected chi connectivity index (χ0v) is 11.1. The largest absolute Gasteiger partial charge is 0.274 e. The van der Waals surface area contributed by atoms with E-state index in [1.807, 2.05) is 44.2 Å². The number of rotatable bonds is 3. The summed E-state index contributed by atoms with van der Waals surface area (Å²) in [6, 6.07) is 12.8. The first kappa shape index (κ1) is 13.3. The van der Waals surface area contributed by atoms with Crippen LogP contribution in [0, 0.1) is 36.5 Å². The predicted octanol–water partition coefficient (Wildman–Crippen LogP) is 2.30. The SMILES string of the molecule is Cc1cc(C)n(-c2ccccc2NN=C(C#N)C#N)n1. The quantitative estimate of drug-likeness (QED) is 0.680. The predicted molar refractivity (Wildman–Crippen MR) is 75.3 cm³/mol. The molecule has 1 N–H and O–H groups in total. The van der Waals surface area contributed by atoms with Gasteiger partial charge < -0.3 is 0 Å². The van der Waals surface area contributed by atoms with Gasteiger partial charge in [0.25, 0.3) is 0 Å². The molecule has 0 aliphatic rings. The molecule has 0 amide bonds. The summed E-state index contributed by atoms with van der Waals surface area (Å²) in [5.41, 5.74) is 5.87. The van der Waals surface area contributed by atoms with Crippen LogP contribution in [0.3, 0.4) is 0 Å². The summed E-state index contributed by atoms with van der Waals surface area (Å²) >= 11 is 0. The Kier molecular flexibility index (Phi) is 3.78. The number of nitrogens with one attached hydrogen (secondary N) is 1. The van der Waals surface area contributed by atoms with Gasteiger partial charge in [-0.1, -0.05) is 12.1 Å². The molecule has 0 radical (unpaired) electrons. The van der Waals surface area contributed by atoms with E-state index in [1.165, 1.54) is 0 Å². The average Bonchev–Trinajstić information content (AvgIpc) is 2.79. The zero-order chi connectivity index (χ0) is 14.5.